The van der Waals surface area contributed by atoms with Crippen LogP contribution in [0.1, 0.15) is 18.1 Å². The smallest absolute Gasteiger partial charge is 0.161 e. The Morgan fingerprint density at radius 1 is 1.00 bits per heavy atom. The molecule has 0 aliphatic heterocycles. The van der Waals surface area contributed by atoms with Crippen molar-refractivity contribution >= 4 is 0 Å². The van der Waals surface area contributed by atoms with Crippen LogP contribution in [0, 0.1) is 0 Å². The van der Waals surface area contributed by atoms with Gasteiger partial charge in [-0.15, -0.1) is 0 Å². The maximum atomic E-state index is 10.4. The summed E-state index contributed by atoms with van der Waals surface area (Å²) in [4.78, 5) is 4.28. The van der Waals surface area contributed by atoms with Gasteiger partial charge in [-0.1, -0.05) is 48.6 Å². The van der Waals surface area contributed by atoms with E-state index in [9.17, 15) is 5.11 Å². The summed E-state index contributed by atoms with van der Waals surface area (Å²) < 4.78 is 11.3. The number of hydrogen-bond acceptors (Lipinski definition) is 5. The lowest BCUT2D eigenvalue weighted by Gasteiger charge is -2.22. The van der Waals surface area contributed by atoms with Gasteiger partial charge in [0.2, 0.25) is 0 Å². The van der Waals surface area contributed by atoms with Crippen LogP contribution in [0.15, 0.2) is 60.7 Å². The summed E-state index contributed by atoms with van der Waals surface area (Å²) in [7, 11) is 5.68. The molecule has 158 valence electrons. The molecule has 0 saturated heterocycles. The van der Waals surface area contributed by atoms with Crippen LogP contribution in [-0.4, -0.2) is 61.9 Å². The summed E-state index contributed by atoms with van der Waals surface area (Å²) in [6.45, 7) is 9.13. The number of likely N-dealkylation sites (N-methyl/N-ethyl adjacent to an activating group) is 2. The van der Waals surface area contributed by atoms with Crippen molar-refractivity contribution in [1.29, 1.82) is 0 Å². The van der Waals surface area contributed by atoms with Crippen LogP contribution in [0.5, 0.6) is 11.5 Å². The van der Waals surface area contributed by atoms with Crippen molar-refractivity contribution in [3.8, 4) is 11.5 Å². The molecule has 0 aliphatic rings. The Kier molecular flexibility index (Phi) is 9.19. The van der Waals surface area contributed by atoms with E-state index in [4.69, 9.17) is 9.47 Å². The second-order valence-electron chi connectivity index (χ2n) is 7.76. The zero-order valence-electron chi connectivity index (χ0n) is 18.1. The van der Waals surface area contributed by atoms with Crippen LogP contribution in [0.4, 0.5) is 0 Å². The Labute approximate surface area is 175 Å². The lowest BCUT2D eigenvalue weighted by molar-refractivity contribution is 0.0732. The Balaban J connectivity index is 1.90. The van der Waals surface area contributed by atoms with Crippen LogP contribution in [0.3, 0.4) is 0 Å². The number of nitrogens with zero attached hydrogens (tertiary/aromatic N) is 2. The van der Waals surface area contributed by atoms with E-state index in [1.807, 2.05) is 50.4 Å². The van der Waals surface area contributed by atoms with Gasteiger partial charge in [-0.25, -0.2) is 0 Å². The molecule has 2 aromatic carbocycles. The van der Waals surface area contributed by atoms with E-state index in [1.165, 1.54) is 5.56 Å². The molecule has 0 amide bonds. The fourth-order valence-corrected chi connectivity index (χ4v) is 3.32. The van der Waals surface area contributed by atoms with Crippen molar-refractivity contribution < 1.29 is 14.6 Å². The number of hydrogen-bond donors (Lipinski definition) is 1. The predicted octanol–water partition coefficient (Wildman–Crippen LogP) is 3.57. The molecule has 0 heterocycles. The largest absolute Gasteiger partial charge is 0.493 e. The normalized spacial score (nSPS) is 12.2. The maximum Gasteiger partial charge on any atom is 0.161 e. The van der Waals surface area contributed by atoms with Gasteiger partial charge in [0, 0.05) is 26.2 Å². The molecule has 5 nitrogen and oxygen atoms in total. The third kappa shape index (κ3) is 8.28. The number of methoxy groups -OCH3 is 1. The van der Waals surface area contributed by atoms with Gasteiger partial charge in [0.15, 0.2) is 11.5 Å². The number of aliphatic hydroxyl groups excluding tert-OH is 1. The molecule has 0 unspecified atom stereocenters. The van der Waals surface area contributed by atoms with Gasteiger partial charge in [-0.05, 0) is 44.3 Å². The predicted molar refractivity (Wildman–Crippen MR) is 118 cm³/mol. The zero-order valence-corrected chi connectivity index (χ0v) is 18.1. The molecule has 0 aliphatic carbocycles. The van der Waals surface area contributed by atoms with Crippen molar-refractivity contribution in [1.82, 2.24) is 9.80 Å². The minimum absolute atomic E-state index is 0.209. The van der Waals surface area contributed by atoms with Gasteiger partial charge >= 0.3 is 0 Å². The minimum atomic E-state index is -0.594. The highest BCUT2D eigenvalue weighted by atomic mass is 16.5. The molecular weight excluding hydrogens is 364 g/mol. The lowest BCUT2D eigenvalue weighted by Crippen LogP contribution is -2.32. The van der Waals surface area contributed by atoms with Crippen LogP contribution in [-0.2, 0) is 13.1 Å². The van der Waals surface area contributed by atoms with Crippen LogP contribution in [0.25, 0.3) is 0 Å². The van der Waals surface area contributed by atoms with Crippen molar-refractivity contribution in [2.45, 2.75) is 26.1 Å². The van der Waals surface area contributed by atoms with Crippen molar-refractivity contribution in [2.24, 2.45) is 0 Å². The van der Waals surface area contributed by atoms with E-state index in [0.717, 1.165) is 30.8 Å². The number of rotatable bonds is 12. The maximum absolute atomic E-state index is 10.4. The van der Waals surface area contributed by atoms with Gasteiger partial charge in [0.25, 0.3) is 0 Å². The highest BCUT2D eigenvalue weighted by Gasteiger charge is 2.13. The molecule has 2 rings (SSSR count). The Morgan fingerprint density at radius 3 is 2.34 bits per heavy atom. The molecule has 1 N–H and O–H groups in total. The van der Waals surface area contributed by atoms with Crippen LogP contribution < -0.4 is 9.47 Å². The lowest BCUT2D eigenvalue weighted by atomic mass is 10.2. The number of benzene rings is 2. The molecule has 2 aromatic rings. The summed E-state index contributed by atoms with van der Waals surface area (Å²) in [6, 6.07) is 16.1. The molecule has 0 radical (unpaired) electrons. The van der Waals surface area contributed by atoms with Gasteiger partial charge in [-0.2, -0.15) is 0 Å². The number of aliphatic hydroxyl groups is 1. The zero-order chi connectivity index (χ0) is 21.2. The van der Waals surface area contributed by atoms with E-state index >= 15 is 0 Å². The Morgan fingerprint density at radius 2 is 1.69 bits per heavy atom. The molecule has 0 saturated carbocycles. The summed E-state index contributed by atoms with van der Waals surface area (Å²) in [5, 5.41) is 10.4. The molecule has 1 atom stereocenters. The molecule has 0 spiro atoms. The second kappa shape index (κ2) is 11.6. The molecule has 0 aromatic heterocycles. The molecule has 0 bridgehead atoms. The summed E-state index contributed by atoms with van der Waals surface area (Å²) in [5.41, 5.74) is 3.47. The summed E-state index contributed by atoms with van der Waals surface area (Å²) in [6.07, 6.45) is -0.594. The monoisotopic (exact) mass is 398 g/mol. The highest BCUT2D eigenvalue weighted by molar-refractivity contribution is 5.43. The fraction of sp³-hybridized carbons (Fsp3) is 0.417. The van der Waals surface area contributed by atoms with E-state index in [-0.39, 0.29) is 6.61 Å². The Hall–Kier alpha value is -2.34. The van der Waals surface area contributed by atoms with Crippen molar-refractivity contribution in [3.05, 3.63) is 71.8 Å². The van der Waals surface area contributed by atoms with Crippen LogP contribution in [0.2, 0.25) is 0 Å². The fourth-order valence-electron chi connectivity index (χ4n) is 3.32. The van der Waals surface area contributed by atoms with Crippen LogP contribution >= 0.6 is 0 Å². The second-order valence-corrected chi connectivity index (χ2v) is 7.76. The Bertz CT molecular complexity index is 764. The first-order valence-corrected chi connectivity index (χ1v) is 9.90. The van der Waals surface area contributed by atoms with Crippen molar-refractivity contribution in [3.63, 3.8) is 0 Å². The summed E-state index contributed by atoms with van der Waals surface area (Å²) >= 11 is 0. The van der Waals surface area contributed by atoms with Gasteiger partial charge in [-0.3, -0.25) is 9.80 Å². The van der Waals surface area contributed by atoms with E-state index in [0.29, 0.717) is 18.0 Å². The van der Waals surface area contributed by atoms with E-state index in [2.05, 4.69) is 35.6 Å². The van der Waals surface area contributed by atoms with Gasteiger partial charge < -0.3 is 14.6 Å². The molecular formula is C24H34N2O3. The SMILES string of the molecule is C=C(C)CN(C)Cc1ccc(OC)c(OC[C@H](O)CN(C)Cc2ccccc2)c1. The quantitative estimate of drug-likeness (QED) is 0.554. The molecule has 5 heteroatoms. The third-order valence-electron chi connectivity index (χ3n) is 4.47. The summed E-state index contributed by atoms with van der Waals surface area (Å²) in [5.74, 6) is 1.32. The van der Waals surface area contributed by atoms with E-state index in [1.54, 1.807) is 7.11 Å². The molecule has 29 heavy (non-hydrogen) atoms. The first-order chi connectivity index (χ1) is 13.9. The highest BCUT2D eigenvalue weighted by Crippen LogP contribution is 2.28. The van der Waals surface area contributed by atoms with Crippen molar-refractivity contribution in [2.75, 3.05) is 40.9 Å². The van der Waals surface area contributed by atoms with E-state index < -0.39 is 6.10 Å². The number of ether oxygens (including phenoxy) is 2. The third-order valence-corrected chi connectivity index (χ3v) is 4.47. The minimum Gasteiger partial charge on any atom is -0.493 e. The topological polar surface area (TPSA) is 45.2 Å². The average molecular weight is 399 g/mol. The molecule has 0 fully saturated rings. The standard InChI is InChI=1S/C24H34N2O3/c1-19(2)14-25(3)16-21-11-12-23(28-5)24(13-21)29-18-22(27)17-26(4)15-20-9-7-6-8-10-20/h6-13,22,27H,1,14-18H2,2-5H3/t22-/m1/s1. The van der Waals surface area contributed by atoms with Gasteiger partial charge in [0.1, 0.15) is 12.7 Å². The van der Waals surface area contributed by atoms with Gasteiger partial charge in [0.05, 0.1) is 7.11 Å². The first kappa shape index (κ1) is 22.9. The first-order valence-electron chi connectivity index (χ1n) is 9.90. The average Bonchev–Trinajstić information content (AvgIpc) is 2.66.